The van der Waals surface area contributed by atoms with Gasteiger partial charge in [0.25, 0.3) is 5.56 Å². The lowest BCUT2D eigenvalue weighted by Gasteiger charge is -2.05. The van der Waals surface area contributed by atoms with Gasteiger partial charge in [0.2, 0.25) is 0 Å². The molecule has 0 radical (unpaired) electrons. The maximum absolute atomic E-state index is 12.3. The second kappa shape index (κ2) is 5.09. The number of hydrogen-bond acceptors (Lipinski definition) is 4. The van der Waals surface area contributed by atoms with Crippen molar-refractivity contribution in [2.24, 2.45) is 0 Å². The van der Waals surface area contributed by atoms with Crippen LogP contribution in [0.2, 0.25) is 0 Å². The van der Waals surface area contributed by atoms with Crippen molar-refractivity contribution in [1.29, 1.82) is 0 Å². The fourth-order valence-electron chi connectivity index (χ4n) is 1.95. The topological polar surface area (TPSA) is 72.8 Å². The minimum absolute atomic E-state index is 0.182. The third-order valence-corrected chi connectivity index (χ3v) is 3.58. The second-order valence-corrected chi connectivity index (χ2v) is 5.05. The van der Waals surface area contributed by atoms with Gasteiger partial charge in [-0.15, -0.1) is 0 Å². The third-order valence-electron chi connectivity index (χ3n) is 3.01. The lowest BCUT2D eigenvalue weighted by atomic mass is 10.2. The van der Waals surface area contributed by atoms with Gasteiger partial charge in [-0.1, -0.05) is 12.1 Å². The van der Waals surface area contributed by atoms with Gasteiger partial charge in [0.15, 0.2) is 0 Å². The molecule has 0 fully saturated rings. The number of rotatable bonds is 3. The summed E-state index contributed by atoms with van der Waals surface area (Å²) in [4.78, 5) is 12.3. The summed E-state index contributed by atoms with van der Waals surface area (Å²) < 4.78 is 7.08. The first-order chi connectivity index (χ1) is 9.69. The average molecular weight is 335 g/mol. The fraction of sp³-hybridized carbons (Fsp3) is 0.154. The minimum atomic E-state index is -0.182. The van der Waals surface area contributed by atoms with Crippen LogP contribution < -0.4 is 10.3 Å². The molecule has 0 aliphatic heterocycles. The van der Waals surface area contributed by atoms with Gasteiger partial charge in [0.1, 0.15) is 21.3 Å². The third kappa shape index (κ3) is 2.20. The van der Waals surface area contributed by atoms with Crippen molar-refractivity contribution in [3.05, 3.63) is 51.0 Å². The lowest BCUT2D eigenvalue weighted by Crippen LogP contribution is -2.23. The number of aromatic nitrogens is 4. The number of halogens is 1. The molecule has 0 spiro atoms. The summed E-state index contributed by atoms with van der Waals surface area (Å²) in [5.74, 6) is 0.780. The molecule has 0 aliphatic carbocycles. The van der Waals surface area contributed by atoms with E-state index in [1.807, 2.05) is 24.3 Å². The van der Waals surface area contributed by atoms with Gasteiger partial charge >= 0.3 is 0 Å². The molecule has 6 nitrogen and oxygen atoms in total. The summed E-state index contributed by atoms with van der Waals surface area (Å²) in [5, 5.41) is 11.3. The Morgan fingerprint density at radius 2 is 2.10 bits per heavy atom. The Kier molecular flexibility index (Phi) is 3.27. The van der Waals surface area contributed by atoms with Gasteiger partial charge in [-0.25, -0.2) is 4.68 Å². The zero-order valence-electron chi connectivity index (χ0n) is 10.6. The van der Waals surface area contributed by atoms with Gasteiger partial charge in [-0.3, -0.25) is 9.89 Å². The van der Waals surface area contributed by atoms with Crippen molar-refractivity contribution in [2.45, 2.75) is 6.54 Å². The molecular weight excluding hydrogens is 324 g/mol. The molecule has 7 heteroatoms. The van der Waals surface area contributed by atoms with Crippen LogP contribution in [0.3, 0.4) is 0 Å². The maximum atomic E-state index is 12.3. The molecule has 0 aliphatic rings. The van der Waals surface area contributed by atoms with E-state index in [9.17, 15) is 4.79 Å². The highest BCUT2D eigenvalue weighted by atomic mass is 79.9. The Bertz CT molecular complexity index is 807. The summed E-state index contributed by atoms with van der Waals surface area (Å²) >= 11 is 3.28. The Hall–Kier alpha value is -2.15. The number of aromatic amines is 1. The summed E-state index contributed by atoms with van der Waals surface area (Å²) in [6.07, 6.45) is 1.57. The van der Waals surface area contributed by atoms with Crippen LogP contribution in [0.15, 0.2) is 39.9 Å². The minimum Gasteiger partial charge on any atom is -0.497 e. The highest BCUT2D eigenvalue weighted by Crippen LogP contribution is 2.16. The molecule has 0 atom stereocenters. The van der Waals surface area contributed by atoms with Gasteiger partial charge in [-0.05, 0) is 33.6 Å². The molecule has 0 amide bonds. The number of methoxy groups -OCH3 is 1. The molecule has 2 heterocycles. The summed E-state index contributed by atoms with van der Waals surface area (Å²) in [6, 6.07) is 7.52. The molecule has 1 aromatic carbocycles. The summed E-state index contributed by atoms with van der Waals surface area (Å²) in [6.45, 7) is 0.399. The maximum Gasteiger partial charge on any atom is 0.279 e. The Morgan fingerprint density at radius 3 is 2.80 bits per heavy atom. The van der Waals surface area contributed by atoms with E-state index in [2.05, 4.69) is 31.2 Å². The van der Waals surface area contributed by atoms with Gasteiger partial charge < -0.3 is 4.74 Å². The van der Waals surface area contributed by atoms with Gasteiger partial charge in [-0.2, -0.15) is 10.2 Å². The van der Waals surface area contributed by atoms with Crippen LogP contribution in [-0.2, 0) is 6.54 Å². The van der Waals surface area contributed by atoms with E-state index >= 15 is 0 Å². The van der Waals surface area contributed by atoms with Crippen molar-refractivity contribution in [2.75, 3.05) is 7.11 Å². The van der Waals surface area contributed by atoms with Crippen LogP contribution in [0.25, 0.3) is 10.9 Å². The molecule has 20 heavy (non-hydrogen) atoms. The highest BCUT2D eigenvalue weighted by molar-refractivity contribution is 9.10. The molecule has 0 bridgehead atoms. The smallest absolute Gasteiger partial charge is 0.279 e. The summed E-state index contributed by atoms with van der Waals surface area (Å²) in [5.41, 5.74) is 1.34. The molecule has 3 aromatic rings. The molecular formula is C13H11BrN4O2. The van der Waals surface area contributed by atoms with E-state index < -0.39 is 0 Å². The van der Waals surface area contributed by atoms with E-state index in [-0.39, 0.29) is 5.56 Å². The number of ether oxygens (including phenoxy) is 1. The predicted octanol–water partition coefficient (Wildman–Crippen LogP) is 1.94. The summed E-state index contributed by atoms with van der Waals surface area (Å²) in [7, 11) is 1.62. The number of fused-ring (bicyclic) bond motifs is 1. The number of benzene rings is 1. The first-order valence-corrected chi connectivity index (χ1v) is 6.71. The Balaban J connectivity index is 1.99. The van der Waals surface area contributed by atoms with Crippen molar-refractivity contribution >= 4 is 26.8 Å². The van der Waals surface area contributed by atoms with Crippen molar-refractivity contribution < 1.29 is 4.74 Å². The molecule has 3 rings (SSSR count). The molecule has 102 valence electrons. The van der Waals surface area contributed by atoms with Gasteiger partial charge in [0, 0.05) is 0 Å². The SMILES string of the molecule is COc1ccc(Cn2ncc3n[nH]c(Br)c3c2=O)cc1. The standard InChI is InChI=1S/C13H11BrN4O2/c1-20-9-4-2-8(3-5-9)7-18-13(19)11-10(6-15-18)16-17-12(11)14/h2-6H,7H2,1H3,(H,16,17). The zero-order valence-corrected chi connectivity index (χ0v) is 12.2. The molecule has 2 aromatic heterocycles. The van der Waals surface area contributed by atoms with E-state index in [0.29, 0.717) is 22.1 Å². The first kappa shape index (κ1) is 12.9. The average Bonchev–Trinajstić information content (AvgIpc) is 2.85. The molecule has 0 unspecified atom stereocenters. The quantitative estimate of drug-likeness (QED) is 0.794. The van der Waals surface area contributed by atoms with Crippen LogP contribution >= 0.6 is 15.9 Å². The van der Waals surface area contributed by atoms with Crippen LogP contribution in [0.1, 0.15) is 5.56 Å². The van der Waals surface area contributed by atoms with Crippen LogP contribution in [0, 0.1) is 0 Å². The monoisotopic (exact) mass is 334 g/mol. The molecule has 0 saturated heterocycles. The fourth-order valence-corrected chi connectivity index (χ4v) is 2.41. The number of nitrogens with one attached hydrogen (secondary N) is 1. The van der Waals surface area contributed by atoms with Crippen molar-refractivity contribution in [1.82, 2.24) is 20.0 Å². The Morgan fingerprint density at radius 1 is 1.35 bits per heavy atom. The number of hydrogen-bond donors (Lipinski definition) is 1. The van der Waals surface area contributed by atoms with E-state index in [0.717, 1.165) is 11.3 Å². The first-order valence-electron chi connectivity index (χ1n) is 5.91. The van der Waals surface area contributed by atoms with Crippen LogP contribution in [-0.4, -0.2) is 27.1 Å². The predicted molar refractivity (Wildman–Crippen MR) is 77.9 cm³/mol. The lowest BCUT2D eigenvalue weighted by molar-refractivity contribution is 0.414. The normalized spacial score (nSPS) is 10.9. The number of nitrogens with zero attached hydrogens (tertiary/aromatic N) is 3. The molecule has 0 saturated carbocycles. The van der Waals surface area contributed by atoms with Gasteiger partial charge in [0.05, 0.1) is 19.9 Å². The van der Waals surface area contributed by atoms with Crippen molar-refractivity contribution in [3.8, 4) is 5.75 Å². The largest absolute Gasteiger partial charge is 0.497 e. The Labute approximate surface area is 122 Å². The zero-order chi connectivity index (χ0) is 14.1. The van der Waals surface area contributed by atoms with Crippen LogP contribution in [0.5, 0.6) is 5.75 Å². The second-order valence-electron chi connectivity index (χ2n) is 4.25. The van der Waals surface area contributed by atoms with E-state index in [1.54, 1.807) is 13.3 Å². The van der Waals surface area contributed by atoms with Crippen LogP contribution in [0.4, 0.5) is 0 Å². The van der Waals surface area contributed by atoms with E-state index in [4.69, 9.17) is 4.74 Å². The number of H-pyrrole nitrogens is 1. The highest BCUT2D eigenvalue weighted by Gasteiger charge is 2.10. The van der Waals surface area contributed by atoms with E-state index in [1.165, 1.54) is 4.68 Å². The van der Waals surface area contributed by atoms with Crippen molar-refractivity contribution in [3.63, 3.8) is 0 Å². The molecule has 1 N–H and O–H groups in total.